The van der Waals surface area contributed by atoms with E-state index in [0.29, 0.717) is 5.69 Å². The molecular weight excluding hydrogens is 201 g/mol. The molecule has 16 heavy (non-hydrogen) atoms. The second-order valence-electron chi connectivity index (χ2n) is 4.01. The Morgan fingerprint density at radius 2 is 1.75 bits per heavy atom. The van der Waals surface area contributed by atoms with Gasteiger partial charge in [-0.15, -0.1) is 0 Å². The molecule has 1 nitrogen and oxygen atoms in total. The standard InChI is InChI=1S/C14H14FN/c1-10-2-4-11(5-3-10)8-12-6-7-13(15)9-14(12)16/h2-7,9H,8,16H2,1H3. The van der Waals surface area contributed by atoms with Gasteiger partial charge in [0.15, 0.2) is 0 Å². The van der Waals surface area contributed by atoms with E-state index in [4.69, 9.17) is 5.73 Å². The van der Waals surface area contributed by atoms with Crippen LogP contribution in [0.5, 0.6) is 0 Å². The van der Waals surface area contributed by atoms with E-state index in [-0.39, 0.29) is 5.82 Å². The molecule has 0 aromatic heterocycles. The second-order valence-corrected chi connectivity index (χ2v) is 4.01. The van der Waals surface area contributed by atoms with Crippen molar-refractivity contribution in [1.82, 2.24) is 0 Å². The first-order valence-corrected chi connectivity index (χ1v) is 5.24. The molecule has 0 amide bonds. The number of halogens is 1. The van der Waals surface area contributed by atoms with E-state index in [9.17, 15) is 4.39 Å². The van der Waals surface area contributed by atoms with Crippen LogP contribution in [0.2, 0.25) is 0 Å². The molecule has 0 aliphatic carbocycles. The Kier molecular flexibility index (Phi) is 2.91. The summed E-state index contributed by atoms with van der Waals surface area (Å²) in [6.07, 6.45) is 0.742. The van der Waals surface area contributed by atoms with E-state index in [0.717, 1.165) is 12.0 Å². The van der Waals surface area contributed by atoms with Crippen LogP contribution in [-0.2, 0) is 6.42 Å². The molecule has 0 radical (unpaired) electrons. The molecular formula is C14H14FN. The van der Waals surface area contributed by atoms with E-state index < -0.39 is 0 Å². The SMILES string of the molecule is Cc1ccc(Cc2ccc(F)cc2N)cc1. The van der Waals surface area contributed by atoms with Gasteiger partial charge in [0.05, 0.1) is 0 Å². The third-order valence-electron chi connectivity index (χ3n) is 2.62. The van der Waals surface area contributed by atoms with E-state index in [1.807, 2.05) is 0 Å². The average Bonchev–Trinajstić information content (AvgIpc) is 2.25. The van der Waals surface area contributed by atoms with Gasteiger partial charge in [-0.25, -0.2) is 4.39 Å². The third-order valence-corrected chi connectivity index (χ3v) is 2.62. The number of hydrogen-bond acceptors (Lipinski definition) is 1. The zero-order valence-corrected chi connectivity index (χ0v) is 9.20. The van der Waals surface area contributed by atoms with Crippen LogP contribution in [0, 0.1) is 12.7 Å². The van der Waals surface area contributed by atoms with Gasteiger partial charge in [0.25, 0.3) is 0 Å². The predicted octanol–water partition coefficient (Wildman–Crippen LogP) is 3.31. The van der Waals surface area contributed by atoms with Crippen LogP contribution in [0.25, 0.3) is 0 Å². The highest BCUT2D eigenvalue weighted by molar-refractivity contribution is 5.49. The molecule has 82 valence electrons. The molecule has 0 atom stereocenters. The van der Waals surface area contributed by atoms with Crippen LogP contribution >= 0.6 is 0 Å². The number of aryl methyl sites for hydroxylation is 1. The summed E-state index contributed by atoms with van der Waals surface area (Å²) in [5.74, 6) is -0.287. The second kappa shape index (κ2) is 4.35. The summed E-state index contributed by atoms with van der Waals surface area (Å²) < 4.78 is 12.9. The van der Waals surface area contributed by atoms with Gasteiger partial charge in [-0.05, 0) is 36.6 Å². The molecule has 0 heterocycles. The summed E-state index contributed by atoms with van der Waals surface area (Å²) in [4.78, 5) is 0. The minimum Gasteiger partial charge on any atom is -0.398 e. The fourth-order valence-electron chi connectivity index (χ4n) is 1.65. The molecule has 2 N–H and O–H groups in total. The van der Waals surface area contributed by atoms with E-state index in [1.54, 1.807) is 6.07 Å². The molecule has 0 saturated carbocycles. The zero-order valence-electron chi connectivity index (χ0n) is 9.20. The van der Waals surface area contributed by atoms with Crippen molar-refractivity contribution in [2.24, 2.45) is 0 Å². The monoisotopic (exact) mass is 215 g/mol. The van der Waals surface area contributed by atoms with E-state index in [2.05, 4.69) is 31.2 Å². The van der Waals surface area contributed by atoms with Crippen molar-refractivity contribution < 1.29 is 4.39 Å². The minimum absolute atomic E-state index is 0.287. The Bertz CT molecular complexity index is 489. The number of benzene rings is 2. The lowest BCUT2D eigenvalue weighted by Crippen LogP contribution is -1.96. The number of nitrogen functional groups attached to an aromatic ring is 1. The van der Waals surface area contributed by atoms with Crippen LogP contribution in [0.1, 0.15) is 16.7 Å². The first-order valence-electron chi connectivity index (χ1n) is 5.24. The van der Waals surface area contributed by atoms with Gasteiger partial charge in [-0.2, -0.15) is 0 Å². The van der Waals surface area contributed by atoms with Gasteiger partial charge in [-0.3, -0.25) is 0 Å². The Labute approximate surface area is 94.7 Å². The number of anilines is 1. The molecule has 0 unspecified atom stereocenters. The molecule has 0 fully saturated rings. The smallest absolute Gasteiger partial charge is 0.125 e. The Morgan fingerprint density at radius 1 is 1.06 bits per heavy atom. The molecule has 2 heteroatoms. The largest absolute Gasteiger partial charge is 0.398 e. The van der Waals surface area contributed by atoms with E-state index in [1.165, 1.54) is 23.3 Å². The lowest BCUT2D eigenvalue weighted by molar-refractivity contribution is 0.628. The van der Waals surface area contributed by atoms with Crippen molar-refractivity contribution in [1.29, 1.82) is 0 Å². The maximum atomic E-state index is 12.9. The van der Waals surface area contributed by atoms with Crippen molar-refractivity contribution in [3.63, 3.8) is 0 Å². The summed E-state index contributed by atoms with van der Waals surface area (Å²) in [7, 11) is 0. The molecule has 2 rings (SSSR count). The maximum absolute atomic E-state index is 12.9. The summed E-state index contributed by atoms with van der Waals surface area (Å²) in [5.41, 5.74) is 9.65. The summed E-state index contributed by atoms with van der Waals surface area (Å²) >= 11 is 0. The minimum atomic E-state index is -0.287. The molecule has 2 aromatic carbocycles. The first kappa shape index (κ1) is 10.7. The van der Waals surface area contributed by atoms with Gasteiger partial charge in [0, 0.05) is 5.69 Å². The van der Waals surface area contributed by atoms with Gasteiger partial charge in [0.2, 0.25) is 0 Å². The topological polar surface area (TPSA) is 26.0 Å². The fourth-order valence-corrected chi connectivity index (χ4v) is 1.65. The maximum Gasteiger partial charge on any atom is 0.125 e. The van der Waals surface area contributed by atoms with Gasteiger partial charge >= 0.3 is 0 Å². The van der Waals surface area contributed by atoms with Crippen LogP contribution < -0.4 is 5.73 Å². The van der Waals surface area contributed by atoms with Crippen molar-refractivity contribution >= 4 is 5.69 Å². The van der Waals surface area contributed by atoms with Crippen LogP contribution in [0.3, 0.4) is 0 Å². The average molecular weight is 215 g/mol. The number of hydrogen-bond donors (Lipinski definition) is 1. The van der Waals surface area contributed by atoms with Gasteiger partial charge < -0.3 is 5.73 Å². The van der Waals surface area contributed by atoms with E-state index >= 15 is 0 Å². The van der Waals surface area contributed by atoms with Crippen LogP contribution in [0.4, 0.5) is 10.1 Å². The Hall–Kier alpha value is -1.83. The number of nitrogens with two attached hydrogens (primary N) is 1. The molecule has 0 saturated heterocycles. The van der Waals surface area contributed by atoms with Gasteiger partial charge in [0.1, 0.15) is 5.82 Å². The Balaban J connectivity index is 2.23. The van der Waals surface area contributed by atoms with Gasteiger partial charge in [-0.1, -0.05) is 35.9 Å². The highest BCUT2D eigenvalue weighted by Crippen LogP contribution is 2.17. The van der Waals surface area contributed by atoms with Crippen molar-refractivity contribution in [3.8, 4) is 0 Å². The molecule has 0 aliphatic heterocycles. The quantitative estimate of drug-likeness (QED) is 0.764. The zero-order chi connectivity index (χ0) is 11.5. The molecule has 0 spiro atoms. The van der Waals surface area contributed by atoms with Crippen molar-refractivity contribution in [3.05, 3.63) is 65.0 Å². The van der Waals surface area contributed by atoms with Crippen LogP contribution in [-0.4, -0.2) is 0 Å². The highest BCUT2D eigenvalue weighted by atomic mass is 19.1. The highest BCUT2D eigenvalue weighted by Gasteiger charge is 2.02. The predicted molar refractivity (Wildman–Crippen MR) is 64.8 cm³/mol. The lowest BCUT2D eigenvalue weighted by Gasteiger charge is -2.06. The molecule has 0 bridgehead atoms. The first-order chi connectivity index (χ1) is 7.65. The summed E-state index contributed by atoms with van der Waals surface area (Å²) in [6, 6.07) is 12.8. The fraction of sp³-hybridized carbons (Fsp3) is 0.143. The lowest BCUT2D eigenvalue weighted by atomic mass is 10.0. The summed E-state index contributed by atoms with van der Waals surface area (Å²) in [6.45, 7) is 2.05. The summed E-state index contributed by atoms with van der Waals surface area (Å²) in [5, 5.41) is 0. The van der Waals surface area contributed by atoms with Crippen LogP contribution in [0.15, 0.2) is 42.5 Å². The normalized spacial score (nSPS) is 10.4. The number of rotatable bonds is 2. The van der Waals surface area contributed by atoms with Crippen molar-refractivity contribution in [2.45, 2.75) is 13.3 Å². The molecule has 0 aliphatic rings. The van der Waals surface area contributed by atoms with Crippen molar-refractivity contribution in [2.75, 3.05) is 5.73 Å². The molecule has 2 aromatic rings. The third kappa shape index (κ3) is 2.40. The Morgan fingerprint density at radius 3 is 2.38 bits per heavy atom.